The fraction of sp³-hybridized carbons (Fsp3) is 0.348. The molecule has 0 spiro atoms. The first-order valence-corrected chi connectivity index (χ1v) is 10.1. The molecule has 6 heteroatoms. The van der Waals surface area contributed by atoms with Crippen molar-refractivity contribution in [2.75, 3.05) is 23.4 Å². The maximum absolute atomic E-state index is 13.0. The van der Waals surface area contributed by atoms with Crippen LogP contribution in [0, 0.1) is 11.8 Å². The van der Waals surface area contributed by atoms with Crippen LogP contribution >= 0.6 is 0 Å². The summed E-state index contributed by atoms with van der Waals surface area (Å²) >= 11 is 0. The quantitative estimate of drug-likeness (QED) is 0.791. The third-order valence-corrected chi connectivity index (χ3v) is 5.50. The predicted molar refractivity (Wildman–Crippen MR) is 110 cm³/mol. The van der Waals surface area contributed by atoms with Crippen molar-refractivity contribution in [1.29, 1.82) is 0 Å². The average Bonchev–Trinajstić information content (AvgIpc) is 3.54. The Morgan fingerprint density at radius 3 is 2.66 bits per heavy atom. The summed E-state index contributed by atoms with van der Waals surface area (Å²) in [6.45, 7) is 2.68. The topological polar surface area (TPSA) is 75.7 Å². The van der Waals surface area contributed by atoms with E-state index in [9.17, 15) is 14.4 Å². The molecule has 1 heterocycles. The molecule has 1 aliphatic carbocycles. The van der Waals surface area contributed by atoms with Crippen molar-refractivity contribution in [3.63, 3.8) is 0 Å². The van der Waals surface area contributed by atoms with Gasteiger partial charge in [0.05, 0.1) is 29.7 Å². The number of amides is 2. The van der Waals surface area contributed by atoms with E-state index in [-0.39, 0.29) is 30.3 Å². The van der Waals surface area contributed by atoms with Crippen molar-refractivity contribution in [3.8, 4) is 0 Å². The number of esters is 1. The van der Waals surface area contributed by atoms with E-state index >= 15 is 0 Å². The van der Waals surface area contributed by atoms with Crippen LogP contribution in [0.1, 0.15) is 35.7 Å². The molecule has 2 aromatic rings. The normalized spacial score (nSPS) is 19.8. The number of carbonyl (C=O) groups excluding carboxylic acids is 3. The highest BCUT2D eigenvalue weighted by atomic mass is 16.5. The Morgan fingerprint density at radius 1 is 1.07 bits per heavy atom. The molecule has 29 heavy (non-hydrogen) atoms. The first-order valence-electron chi connectivity index (χ1n) is 10.1. The van der Waals surface area contributed by atoms with Crippen molar-refractivity contribution >= 4 is 29.2 Å². The van der Waals surface area contributed by atoms with E-state index in [4.69, 9.17) is 4.74 Å². The molecular formula is C23H24N2O4. The van der Waals surface area contributed by atoms with E-state index in [1.807, 2.05) is 23.1 Å². The molecule has 2 atom stereocenters. The predicted octanol–water partition coefficient (Wildman–Crippen LogP) is 3.42. The molecule has 0 saturated heterocycles. The Morgan fingerprint density at radius 2 is 1.83 bits per heavy atom. The van der Waals surface area contributed by atoms with Crippen LogP contribution in [0.5, 0.6) is 0 Å². The van der Waals surface area contributed by atoms with Crippen molar-refractivity contribution < 1.29 is 19.1 Å². The summed E-state index contributed by atoms with van der Waals surface area (Å²) in [6.07, 6.45) is 2.43. The smallest absolute Gasteiger partial charge is 0.340 e. The standard InChI is InChI=1S/C23H24N2O4/c1-2-29-23(28)16-10-4-5-11-19(16)24-21(26)17-14-18(17)22(27)25-13-7-9-15-8-3-6-12-20(15)25/h3-6,8,10-12,17-18H,2,7,9,13-14H2,1H3,(H,24,26). The number of aryl methyl sites for hydroxylation is 1. The monoisotopic (exact) mass is 392 g/mol. The second-order valence-electron chi connectivity index (χ2n) is 7.43. The molecule has 1 fully saturated rings. The number of carbonyl (C=O) groups is 3. The van der Waals surface area contributed by atoms with Gasteiger partial charge >= 0.3 is 5.97 Å². The number of nitrogens with zero attached hydrogens (tertiary/aromatic N) is 1. The van der Waals surface area contributed by atoms with Crippen LogP contribution in [0.15, 0.2) is 48.5 Å². The highest BCUT2D eigenvalue weighted by Gasteiger charge is 2.50. The van der Waals surface area contributed by atoms with Crippen molar-refractivity contribution in [2.24, 2.45) is 11.8 Å². The summed E-state index contributed by atoms with van der Waals surface area (Å²) in [6, 6.07) is 14.7. The fourth-order valence-electron chi connectivity index (χ4n) is 3.92. The Balaban J connectivity index is 1.43. The van der Waals surface area contributed by atoms with E-state index in [2.05, 4.69) is 11.4 Å². The maximum atomic E-state index is 13.0. The van der Waals surface area contributed by atoms with Crippen LogP contribution in [0.25, 0.3) is 0 Å². The molecule has 2 aliphatic rings. The zero-order chi connectivity index (χ0) is 20.4. The number of benzene rings is 2. The van der Waals surface area contributed by atoms with Gasteiger partial charge in [0.2, 0.25) is 11.8 Å². The van der Waals surface area contributed by atoms with Crippen LogP contribution in [0.3, 0.4) is 0 Å². The van der Waals surface area contributed by atoms with Gasteiger partial charge < -0.3 is 15.0 Å². The van der Waals surface area contributed by atoms with Gasteiger partial charge in [-0.1, -0.05) is 30.3 Å². The van der Waals surface area contributed by atoms with Gasteiger partial charge in [-0.3, -0.25) is 9.59 Å². The minimum absolute atomic E-state index is 0.0102. The van der Waals surface area contributed by atoms with E-state index < -0.39 is 5.97 Å². The van der Waals surface area contributed by atoms with E-state index in [0.29, 0.717) is 24.2 Å². The molecule has 150 valence electrons. The van der Waals surface area contributed by atoms with Gasteiger partial charge in [0.15, 0.2) is 0 Å². The third-order valence-electron chi connectivity index (χ3n) is 5.50. The number of hydrogen-bond donors (Lipinski definition) is 1. The first kappa shape index (κ1) is 19.2. The molecule has 0 bridgehead atoms. The van der Waals surface area contributed by atoms with Crippen LogP contribution < -0.4 is 10.2 Å². The number of nitrogens with one attached hydrogen (secondary N) is 1. The Bertz CT molecular complexity index is 955. The molecule has 1 aliphatic heterocycles. The van der Waals surface area contributed by atoms with Gasteiger partial charge in [-0.05, 0) is 49.9 Å². The number of rotatable bonds is 5. The van der Waals surface area contributed by atoms with Gasteiger partial charge in [0.25, 0.3) is 0 Å². The van der Waals surface area contributed by atoms with Gasteiger partial charge in [-0.2, -0.15) is 0 Å². The van der Waals surface area contributed by atoms with Crippen LogP contribution in [-0.4, -0.2) is 30.9 Å². The molecule has 0 radical (unpaired) electrons. The van der Waals surface area contributed by atoms with Crippen molar-refractivity contribution in [3.05, 3.63) is 59.7 Å². The number of anilines is 2. The molecule has 1 N–H and O–H groups in total. The van der Waals surface area contributed by atoms with Crippen LogP contribution in [-0.2, 0) is 20.7 Å². The van der Waals surface area contributed by atoms with E-state index in [1.54, 1.807) is 31.2 Å². The average molecular weight is 392 g/mol. The van der Waals surface area contributed by atoms with E-state index in [0.717, 1.165) is 18.5 Å². The molecule has 0 aromatic heterocycles. The number of ether oxygens (including phenoxy) is 1. The first-order chi connectivity index (χ1) is 14.1. The minimum atomic E-state index is -0.475. The fourth-order valence-corrected chi connectivity index (χ4v) is 3.92. The summed E-state index contributed by atoms with van der Waals surface area (Å²) in [5.74, 6) is -1.37. The molecule has 2 aromatic carbocycles. The second-order valence-corrected chi connectivity index (χ2v) is 7.43. The van der Waals surface area contributed by atoms with Crippen molar-refractivity contribution in [2.45, 2.75) is 26.2 Å². The number of fused-ring (bicyclic) bond motifs is 1. The Kier molecular flexibility index (Phi) is 5.34. The van der Waals surface area contributed by atoms with Crippen LogP contribution in [0.4, 0.5) is 11.4 Å². The summed E-state index contributed by atoms with van der Waals surface area (Å²) in [5.41, 5.74) is 2.87. The molecular weight excluding hydrogens is 368 g/mol. The Labute approximate surface area is 169 Å². The largest absolute Gasteiger partial charge is 0.462 e. The van der Waals surface area contributed by atoms with Gasteiger partial charge in [-0.25, -0.2) is 4.79 Å². The maximum Gasteiger partial charge on any atom is 0.340 e. The SMILES string of the molecule is CCOC(=O)c1ccccc1NC(=O)C1CC1C(=O)N1CCCc2ccccc21. The highest BCUT2D eigenvalue weighted by Crippen LogP contribution is 2.43. The lowest BCUT2D eigenvalue weighted by Gasteiger charge is -2.29. The number of hydrogen-bond acceptors (Lipinski definition) is 4. The molecule has 1 saturated carbocycles. The molecule has 2 amide bonds. The van der Waals surface area contributed by atoms with Crippen LogP contribution in [0.2, 0.25) is 0 Å². The summed E-state index contributed by atoms with van der Waals surface area (Å²) < 4.78 is 5.05. The Hall–Kier alpha value is -3.15. The zero-order valence-electron chi connectivity index (χ0n) is 16.4. The van der Waals surface area contributed by atoms with E-state index in [1.165, 1.54) is 5.56 Å². The molecule has 6 nitrogen and oxygen atoms in total. The summed E-state index contributed by atoms with van der Waals surface area (Å²) in [5, 5.41) is 2.81. The lowest BCUT2D eigenvalue weighted by Crippen LogP contribution is -2.37. The van der Waals surface area contributed by atoms with Gasteiger partial charge in [-0.15, -0.1) is 0 Å². The second kappa shape index (κ2) is 8.07. The lowest BCUT2D eigenvalue weighted by atomic mass is 10.0. The summed E-state index contributed by atoms with van der Waals surface area (Å²) in [7, 11) is 0. The number of para-hydroxylation sites is 2. The zero-order valence-corrected chi connectivity index (χ0v) is 16.4. The van der Waals surface area contributed by atoms with Crippen molar-refractivity contribution in [1.82, 2.24) is 0 Å². The molecule has 2 unspecified atom stereocenters. The molecule has 4 rings (SSSR count). The van der Waals surface area contributed by atoms with Gasteiger partial charge in [0, 0.05) is 12.2 Å². The summed E-state index contributed by atoms with van der Waals surface area (Å²) in [4.78, 5) is 39.7. The highest BCUT2D eigenvalue weighted by molar-refractivity contribution is 6.07. The van der Waals surface area contributed by atoms with Gasteiger partial charge in [0.1, 0.15) is 0 Å². The minimum Gasteiger partial charge on any atom is -0.462 e. The lowest BCUT2D eigenvalue weighted by molar-refractivity contribution is -0.123. The third kappa shape index (κ3) is 3.88.